The number of thiophene rings is 1. The molecule has 0 saturated carbocycles. The molecular weight excluding hydrogens is 376 g/mol. The normalized spacial score (nSPS) is 10.1. The van der Waals surface area contributed by atoms with E-state index in [0.717, 1.165) is 21.2 Å². The van der Waals surface area contributed by atoms with E-state index >= 15 is 0 Å². The highest BCUT2D eigenvalue weighted by Gasteiger charge is 2.09. The summed E-state index contributed by atoms with van der Waals surface area (Å²) in [6.07, 6.45) is 0. The van der Waals surface area contributed by atoms with Crippen molar-refractivity contribution >= 4 is 48.9 Å². The summed E-state index contributed by atoms with van der Waals surface area (Å²) in [6, 6.07) is 10.1. The number of nitriles is 1. The Hall–Kier alpha value is -0.830. The number of hydrogen-bond donors (Lipinski definition) is 0. The molecule has 2 rings (SSSR count). The molecule has 1 heterocycles. The maximum absolute atomic E-state index is 9.16. The average Bonchev–Trinajstić information content (AvgIpc) is 2.74. The number of nitrogens with zero attached hydrogens (tertiary/aromatic N) is 2. The van der Waals surface area contributed by atoms with Crippen molar-refractivity contribution < 1.29 is 0 Å². The summed E-state index contributed by atoms with van der Waals surface area (Å²) in [6.45, 7) is 0.798. The van der Waals surface area contributed by atoms with Crippen LogP contribution in [0.3, 0.4) is 0 Å². The molecule has 0 saturated heterocycles. The Labute approximate surface area is 127 Å². The van der Waals surface area contributed by atoms with Gasteiger partial charge in [0.25, 0.3) is 0 Å². The fourth-order valence-corrected chi connectivity index (χ4v) is 3.55. The highest BCUT2D eigenvalue weighted by atomic mass is 79.9. The molecule has 0 aliphatic heterocycles. The largest absolute Gasteiger partial charge is 0.368 e. The summed E-state index contributed by atoms with van der Waals surface area (Å²) in [5.74, 6) is 0. The van der Waals surface area contributed by atoms with Crippen molar-refractivity contribution in [2.75, 3.05) is 11.9 Å². The first-order valence-corrected chi connectivity index (χ1v) is 7.70. The van der Waals surface area contributed by atoms with Crippen molar-refractivity contribution in [3.05, 3.63) is 49.0 Å². The van der Waals surface area contributed by atoms with E-state index in [9.17, 15) is 0 Å². The number of rotatable bonds is 3. The van der Waals surface area contributed by atoms with Gasteiger partial charge in [0.15, 0.2) is 0 Å². The highest BCUT2D eigenvalue weighted by Crippen LogP contribution is 2.26. The molecule has 2 nitrogen and oxygen atoms in total. The van der Waals surface area contributed by atoms with Crippen molar-refractivity contribution in [2.45, 2.75) is 6.54 Å². The second-order valence-corrected chi connectivity index (χ2v) is 6.69. The van der Waals surface area contributed by atoms with E-state index in [1.54, 1.807) is 11.3 Å². The SMILES string of the molecule is CN(Cc1cc(Br)cs1)c1ccc(Br)cc1C#N. The predicted octanol–water partition coefficient (Wildman–Crippen LogP) is 4.78. The molecule has 0 radical (unpaired) electrons. The molecule has 0 fully saturated rings. The molecule has 0 aliphatic rings. The Bertz CT molecular complexity index is 601. The lowest BCUT2D eigenvalue weighted by molar-refractivity contribution is 0.937. The smallest absolute Gasteiger partial charge is 0.101 e. The molecule has 0 unspecified atom stereocenters. The number of anilines is 1. The third-order valence-corrected chi connectivity index (χ3v) is 4.68. The van der Waals surface area contributed by atoms with E-state index < -0.39 is 0 Å². The van der Waals surface area contributed by atoms with E-state index in [4.69, 9.17) is 5.26 Å². The first-order valence-electron chi connectivity index (χ1n) is 5.24. The molecule has 0 N–H and O–H groups in total. The van der Waals surface area contributed by atoms with Crippen LogP contribution in [0.4, 0.5) is 5.69 Å². The van der Waals surface area contributed by atoms with Crippen LogP contribution in [0, 0.1) is 11.3 Å². The van der Waals surface area contributed by atoms with Gasteiger partial charge in [-0.3, -0.25) is 0 Å². The summed E-state index contributed by atoms with van der Waals surface area (Å²) >= 11 is 8.54. The molecule has 0 amide bonds. The topological polar surface area (TPSA) is 27.0 Å². The van der Waals surface area contributed by atoms with Gasteiger partial charge in [-0.15, -0.1) is 11.3 Å². The van der Waals surface area contributed by atoms with Gasteiger partial charge in [0.2, 0.25) is 0 Å². The van der Waals surface area contributed by atoms with Gasteiger partial charge in [0, 0.05) is 26.3 Å². The van der Waals surface area contributed by atoms with Gasteiger partial charge < -0.3 is 4.90 Å². The molecule has 1 aromatic carbocycles. The van der Waals surface area contributed by atoms with Gasteiger partial charge in [-0.05, 0) is 40.2 Å². The summed E-state index contributed by atoms with van der Waals surface area (Å²) in [5, 5.41) is 11.2. The Morgan fingerprint density at radius 2 is 2.06 bits per heavy atom. The van der Waals surface area contributed by atoms with Crippen molar-refractivity contribution in [3.8, 4) is 6.07 Å². The van der Waals surface area contributed by atoms with Crippen LogP contribution in [-0.2, 0) is 6.54 Å². The van der Waals surface area contributed by atoms with E-state index in [2.05, 4.69) is 54.3 Å². The Morgan fingerprint density at radius 3 is 2.67 bits per heavy atom. The molecule has 0 atom stereocenters. The van der Waals surface area contributed by atoms with E-state index in [0.29, 0.717) is 5.56 Å². The maximum Gasteiger partial charge on any atom is 0.101 e. The average molecular weight is 386 g/mol. The van der Waals surface area contributed by atoms with Crippen molar-refractivity contribution in [3.63, 3.8) is 0 Å². The van der Waals surface area contributed by atoms with Gasteiger partial charge >= 0.3 is 0 Å². The van der Waals surface area contributed by atoms with Crippen LogP contribution in [-0.4, -0.2) is 7.05 Å². The van der Waals surface area contributed by atoms with Gasteiger partial charge in [-0.2, -0.15) is 5.26 Å². The molecule has 5 heteroatoms. The molecule has 1 aromatic heterocycles. The van der Waals surface area contributed by atoms with Crippen LogP contribution in [0.15, 0.2) is 38.6 Å². The third-order valence-electron chi connectivity index (χ3n) is 2.51. The molecule has 2 aromatic rings. The zero-order valence-electron chi connectivity index (χ0n) is 9.65. The highest BCUT2D eigenvalue weighted by molar-refractivity contribution is 9.10. The summed E-state index contributed by atoms with van der Waals surface area (Å²) in [5.41, 5.74) is 1.63. The Morgan fingerprint density at radius 1 is 1.28 bits per heavy atom. The zero-order chi connectivity index (χ0) is 13.1. The number of hydrogen-bond acceptors (Lipinski definition) is 3. The summed E-state index contributed by atoms with van der Waals surface area (Å²) in [4.78, 5) is 3.35. The molecule has 92 valence electrons. The number of halogens is 2. The van der Waals surface area contributed by atoms with Crippen LogP contribution >= 0.6 is 43.2 Å². The lowest BCUT2D eigenvalue weighted by Crippen LogP contribution is -2.16. The van der Waals surface area contributed by atoms with Gasteiger partial charge in [-0.1, -0.05) is 15.9 Å². The fourth-order valence-electron chi connectivity index (χ4n) is 1.69. The van der Waals surface area contributed by atoms with Gasteiger partial charge in [0.05, 0.1) is 17.8 Å². The van der Waals surface area contributed by atoms with Crippen molar-refractivity contribution in [1.82, 2.24) is 0 Å². The van der Waals surface area contributed by atoms with Crippen LogP contribution in [0.2, 0.25) is 0 Å². The summed E-state index contributed by atoms with van der Waals surface area (Å²) < 4.78 is 2.03. The quantitative estimate of drug-likeness (QED) is 0.759. The second kappa shape index (κ2) is 5.87. The number of benzene rings is 1. The van der Waals surface area contributed by atoms with Crippen LogP contribution < -0.4 is 4.90 Å². The third kappa shape index (κ3) is 3.14. The molecule has 0 bridgehead atoms. The van der Waals surface area contributed by atoms with Gasteiger partial charge in [0.1, 0.15) is 6.07 Å². The van der Waals surface area contributed by atoms with Crippen LogP contribution in [0.1, 0.15) is 10.4 Å². The lowest BCUT2D eigenvalue weighted by Gasteiger charge is -2.19. The zero-order valence-corrected chi connectivity index (χ0v) is 13.6. The van der Waals surface area contributed by atoms with Crippen LogP contribution in [0.5, 0.6) is 0 Å². The molecule has 0 spiro atoms. The van der Waals surface area contributed by atoms with Crippen LogP contribution in [0.25, 0.3) is 0 Å². The van der Waals surface area contributed by atoms with E-state index in [1.807, 2.05) is 25.2 Å². The van der Waals surface area contributed by atoms with Crippen molar-refractivity contribution in [2.24, 2.45) is 0 Å². The van der Waals surface area contributed by atoms with Crippen molar-refractivity contribution in [1.29, 1.82) is 5.26 Å². The fraction of sp³-hybridized carbons (Fsp3) is 0.154. The summed E-state index contributed by atoms with van der Waals surface area (Å²) in [7, 11) is 2.00. The molecule has 0 aliphatic carbocycles. The Balaban J connectivity index is 2.24. The van der Waals surface area contributed by atoms with Gasteiger partial charge in [-0.25, -0.2) is 0 Å². The minimum absolute atomic E-state index is 0.683. The first-order chi connectivity index (χ1) is 8.60. The Kier molecular flexibility index (Phi) is 4.44. The second-order valence-electron chi connectivity index (χ2n) is 3.86. The molecule has 18 heavy (non-hydrogen) atoms. The monoisotopic (exact) mass is 384 g/mol. The maximum atomic E-state index is 9.16. The van der Waals surface area contributed by atoms with E-state index in [1.165, 1.54) is 4.88 Å². The lowest BCUT2D eigenvalue weighted by atomic mass is 10.2. The standard InChI is InChI=1S/C13H10Br2N2S/c1-17(7-12-5-11(15)8-18-12)13-3-2-10(14)4-9(13)6-16/h2-5,8H,7H2,1H3. The first kappa shape index (κ1) is 13.6. The minimum atomic E-state index is 0.683. The minimum Gasteiger partial charge on any atom is -0.368 e. The predicted molar refractivity (Wildman–Crippen MR) is 83.0 cm³/mol. The van der Waals surface area contributed by atoms with E-state index in [-0.39, 0.29) is 0 Å². The molecular formula is C13H10Br2N2S.